The van der Waals surface area contributed by atoms with E-state index in [0.29, 0.717) is 16.0 Å². The first-order valence-electron chi connectivity index (χ1n) is 6.79. The van der Waals surface area contributed by atoms with E-state index in [-0.39, 0.29) is 21.7 Å². The average molecular weight is 360 g/mol. The van der Waals surface area contributed by atoms with Crippen LogP contribution in [0, 0.1) is 0 Å². The maximum Gasteiger partial charge on any atom is 0.295 e. The zero-order chi connectivity index (χ0) is 17.3. The molecule has 0 spiro atoms. The zero-order valence-electron chi connectivity index (χ0n) is 12.2. The first kappa shape index (κ1) is 16.4. The molecular weight excluding hydrogens is 348 g/mol. The Labute approximate surface area is 143 Å². The maximum atomic E-state index is 11.7. The fourth-order valence-corrected chi connectivity index (χ4v) is 3.39. The lowest BCUT2D eigenvalue weighted by Crippen LogP contribution is -1.99. The van der Waals surface area contributed by atoms with Crippen LogP contribution in [0.2, 0.25) is 0 Å². The van der Waals surface area contributed by atoms with Gasteiger partial charge in [-0.2, -0.15) is 13.5 Å². The van der Waals surface area contributed by atoms with Gasteiger partial charge >= 0.3 is 0 Å². The summed E-state index contributed by atoms with van der Waals surface area (Å²) in [5, 5.41) is 18.6. The fraction of sp³-hybridized carbons (Fsp3) is 0. The minimum atomic E-state index is -4.54. The predicted molar refractivity (Wildman–Crippen MR) is 93.3 cm³/mol. The molecule has 0 aliphatic carbocycles. The van der Waals surface area contributed by atoms with Gasteiger partial charge in [0.2, 0.25) is 0 Å². The predicted octanol–water partition coefficient (Wildman–Crippen LogP) is 4.50. The molecule has 0 fully saturated rings. The molecule has 3 rings (SSSR count). The van der Waals surface area contributed by atoms with Crippen LogP contribution in [0.3, 0.4) is 0 Å². The van der Waals surface area contributed by atoms with Crippen molar-refractivity contribution in [1.82, 2.24) is 0 Å². The lowest BCUT2D eigenvalue weighted by atomic mass is 10.1. The van der Waals surface area contributed by atoms with Crippen molar-refractivity contribution in [2.75, 3.05) is 0 Å². The van der Waals surface area contributed by atoms with Gasteiger partial charge in [0.25, 0.3) is 10.1 Å². The molecule has 0 aliphatic heterocycles. The van der Waals surface area contributed by atoms with Crippen molar-refractivity contribution in [1.29, 1.82) is 0 Å². The minimum Gasteiger partial charge on any atom is -0.506 e. The van der Waals surface area contributed by atoms with Crippen LogP contribution in [-0.4, -0.2) is 18.1 Å². The van der Waals surface area contributed by atoms with E-state index in [9.17, 15) is 18.1 Å². The molecule has 0 atom stereocenters. The molecule has 3 aromatic rings. The molecule has 0 unspecified atom stereocenters. The molecule has 0 heterocycles. The number of benzene rings is 3. The summed E-state index contributed by atoms with van der Waals surface area (Å²) in [7, 11) is -4.54. The number of aromatic hydroxyl groups is 1. The normalized spacial score (nSPS) is 12.1. The molecule has 0 aliphatic rings. The Morgan fingerprint density at radius 2 is 1.67 bits per heavy atom. The van der Waals surface area contributed by atoms with E-state index in [1.54, 1.807) is 30.3 Å². The lowest BCUT2D eigenvalue weighted by Gasteiger charge is -2.09. The van der Waals surface area contributed by atoms with Crippen LogP contribution in [0.4, 0.5) is 11.4 Å². The van der Waals surface area contributed by atoms with Crippen LogP contribution in [0.15, 0.2) is 74.6 Å². The highest BCUT2D eigenvalue weighted by atomic mass is 32.2. The number of phenols is 1. The number of nitrogens with zero attached hydrogens (tertiary/aromatic N) is 2. The van der Waals surface area contributed by atoms with E-state index < -0.39 is 10.1 Å². The Balaban J connectivity index is 2.31. The summed E-state index contributed by atoms with van der Waals surface area (Å²) in [5.74, 6) is -0.251. The molecule has 122 valence electrons. The molecular formula is C16H12N2O4S2. The minimum absolute atomic E-state index is 0.0442. The molecule has 6 nitrogen and oxygen atoms in total. The molecule has 0 radical (unpaired) electrons. The molecule has 0 saturated carbocycles. The van der Waals surface area contributed by atoms with E-state index in [4.69, 9.17) is 0 Å². The first-order chi connectivity index (χ1) is 11.4. The van der Waals surface area contributed by atoms with E-state index in [2.05, 4.69) is 22.9 Å². The van der Waals surface area contributed by atoms with Gasteiger partial charge in [-0.15, -0.1) is 17.7 Å². The second-order valence-corrected chi connectivity index (χ2v) is 6.89. The highest BCUT2D eigenvalue weighted by Gasteiger charge is 2.20. The van der Waals surface area contributed by atoms with Crippen molar-refractivity contribution in [2.24, 2.45) is 10.2 Å². The summed E-state index contributed by atoms with van der Waals surface area (Å²) < 4.78 is 32.9. The van der Waals surface area contributed by atoms with Crippen LogP contribution in [0.5, 0.6) is 5.75 Å². The van der Waals surface area contributed by atoms with E-state index in [1.807, 2.05) is 6.07 Å². The van der Waals surface area contributed by atoms with Crippen LogP contribution in [0.1, 0.15) is 0 Å². The van der Waals surface area contributed by atoms with Gasteiger partial charge in [0.05, 0.1) is 5.69 Å². The maximum absolute atomic E-state index is 11.7. The molecule has 2 N–H and O–H groups in total. The number of hydrogen-bond donors (Lipinski definition) is 3. The number of thiol groups is 1. The largest absolute Gasteiger partial charge is 0.506 e. The monoisotopic (exact) mass is 360 g/mol. The second kappa shape index (κ2) is 6.23. The third kappa shape index (κ3) is 3.25. The number of azo groups is 1. The van der Waals surface area contributed by atoms with Gasteiger partial charge in [0, 0.05) is 10.3 Å². The second-order valence-electron chi connectivity index (χ2n) is 4.99. The van der Waals surface area contributed by atoms with Crippen molar-refractivity contribution >= 4 is 44.9 Å². The van der Waals surface area contributed by atoms with Crippen molar-refractivity contribution in [2.45, 2.75) is 9.79 Å². The summed E-state index contributed by atoms with van der Waals surface area (Å²) in [4.78, 5) is -0.0327. The van der Waals surface area contributed by atoms with Crippen molar-refractivity contribution in [3.8, 4) is 5.75 Å². The van der Waals surface area contributed by atoms with E-state index >= 15 is 0 Å². The SMILES string of the molecule is O=S(=O)(O)c1cc(S)cc2ccc(O)c(/N=N/c3ccccc3)c12. The Kier molecular flexibility index (Phi) is 4.27. The summed E-state index contributed by atoms with van der Waals surface area (Å²) in [6, 6.07) is 14.5. The Hall–Kier alpha value is -2.42. The Morgan fingerprint density at radius 3 is 2.33 bits per heavy atom. The van der Waals surface area contributed by atoms with Crippen molar-refractivity contribution in [3.05, 3.63) is 54.6 Å². The number of phenolic OH excluding ortho intramolecular Hbond substituents is 1. The Bertz CT molecular complexity index is 1050. The summed E-state index contributed by atoms with van der Waals surface area (Å²) in [6.45, 7) is 0. The molecule has 0 amide bonds. The summed E-state index contributed by atoms with van der Waals surface area (Å²) in [6.07, 6.45) is 0. The highest BCUT2D eigenvalue weighted by molar-refractivity contribution is 7.86. The topological polar surface area (TPSA) is 99.3 Å². The Morgan fingerprint density at radius 1 is 0.958 bits per heavy atom. The molecule has 3 aromatic carbocycles. The van der Waals surface area contributed by atoms with E-state index in [1.165, 1.54) is 18.2 Å². The van der Waals surface area contributed by atoms with Gasteiger partial charge in [-0.25, -0.2) is 0 Å². The van der Waals surface area contributed by atoms with Crippen LogP contribution >= 0.6 is 12.6 Å². The number of fused-ring (bicyclic) bond motifs is 1. The number of hydrogen-bond acceptors (Lipinski definition) is 6. The standard InChI is InChI=1S/C16H12N2O4S2/c19-13-7-6-10-8-12(23)9-14(24(20,21)22)15(10)16(13)18-17-11-4-2-1-3-5-11/h1-9,19,23H,(H,20,21,22)/b18-17+. The van der Waals surface area contributed by atoms with Gasteiger partial charge in [-0.1, -0.05) is 24.3 Å². The van der Waals surface area contributed by atoms with Gasteiger partial charge in [-0.3, -0.25) is 4.55 Å². The number of rotatable bonds is 3. The quantitative estimate of drug-likeness (QED) is 0.364. The molecule has 8 heteroatoms. The smallest absolute Gasteiger partial charge is 0.295 e. The van der Waals surface area contributed by atoms with Crippen LogP contribution in [0.25, 0.3) is 10.8 Å². The molecule has 24 heavy (non-hydrogen) atoms. The van der Waals surface area contributed by atoms with Gasteiger partial charge in [0.1, 0.15) is 16.3 Å². The average Bonchev–Trinajstić information content (AvgIpc) is 2.53. The molecule has 0 aromatic heterocycles. The highest BCUT2D eigenvalue weighted by Crippen LogP contribution is 2.40. The van der Waals surface area contributed by atoms with Gasteiger partial charge in [-0.05, 0) is 35.7 Å². The molecule has 0 bridgehead atoms. The van der Waals surface area contributed by atoms with Crippen molar-refractivity contribution in [3.63, 3.8) is 0 Å². The first-order valence-corrected chi connectivity index (χ1v) is 8.68. The van der Waals surface area contributed by atoms with E-state index in [0.717, 1.165) is 0 Å². The third-order valence-corrected chi connectivity index (χ3v) is 4.45. The summed E-state index contributed by atoms with van der Waals surface area (Å²) in [5.41, 5.74) is 0.491. The van der Waals surface area contributed by atoms with Crippen LogP contribution in [-0.2, 0) is 10.1 Å². The fourth-order valence-electron chi connectivity index (χ4n) is 2.29. The third-order valence-electron chi connectivity index (χ3n) is 3.32. The lowest BCUT2D eigenvalue weighted by molar-refractivity contribution is 0.477. The molecule has 0 saturated heterocycles. The van der Waals surface area contributed by atoms with Gasteiger partial charge < -0.3 is 5.11 Å². The van der Waals surface area contributed by atoms with Crippen molar-refractivity contribution < 1.29 is 18.1 Å². The zero-order valence-corrected chi connectivity index (χ0v) is 13.9. The summed E-state index contributed by atoms with van der Waals surface area (Å²) >= 11 is 4.14. The van der Waals surface area contributed by atoms with Gasteiger partial charge in [0.15, 0.2) is 0 Å². The van der Waals surface area contributed by atoms with Crippen LogP contribution < -0.4 is 0 Å².